The maximum atomic E-state index is 15.5. The molecule has 2 aliphatic heterocycles. The van der Waals surface area contributed by atoms with E-state index < -0.39 is 34.1 Å². The fraction of sp³-hybridized carbons (Fsp3) is 0.333. The largest absolute Gasteiger partial charge is 0.316 e. The molecule has 8 aromatic heterocycles. The smallest absolute Gasteiger partial charge is 0.258 e. The van der Waals surface area contributed by atoms with Gasteiger partial charge in [0.25, 0.3) is 11.1 Å². The highest BCUT2D eigenvalue weighted by Crippen LogP contribution is 2.36. The minimum absolute atomic E-state index is 0.0346. The molecular formula is C42H40F4N12O2. The number of nitrogens with zero attached hydrogens (tertiary/aromatic N) is 9. The monoisotopic (exact) mass is 820 g/mol. The maximum absolute atomic E-state index is 15.5. The SMILES string of the molecule is CCN1CCC(F)(c2nc3cnc(-c4cc(F)c5nc(C)cn5c4)cc3c(=O)[nH]2)CC1.Cc1cn2cc(-c3cc4c(=O)[nH]c(C5(F)CCNCC5)nc4cn3)cc(F)c2n1. The highest BCUT2D eigenvalue weighted by Gasteiger charge is 2.39. The van der Waals surface area contributed by atoms with Crippen molar-refractivity contribution >= 4 is 33.1 Å². The second-order valence-electron chi connectivity index (χ2n) is 15.5. The van der Waals surface area contributed by atoms with Crippen molar-refractivity contribution in [3.8, 4) is 22.5 Å². The molecule has 0 aromatic carbocycles. The standard InChI is InChI=1S/C22H22F2N6O.C20H18F2N6O/c1-3-29-6-4-22(24,5-7-29)21-27-18-10-25-17(9-15(18)20(31)28-21)14-8-16(23)19-26-13(2)11-30(19)12-14;1-11-9-28-10-12(6-14(21)17(28)25-11)15-7-13-16(8-24-15)26-19(27-18(13)29)20(22)2-4-23-5-3-20/h8-12H,3-7H2,1-2H3,(H,27,28,31);6-10,23H,2-5H2,1H3,(H,26,27,29). The Balaban J connectivity index is 0.000000154. The van der Waals surface area contributed by atoms with E-state index in [1.54, 1.807) is 59.6 Å². The van der Waals surface area contributed by atoms with Crippen molar-refractivity contribution in [3.05, 3.63) is 117 Å². The van der Waals surface area contributed by atoms with E-state index in [9.17, 15) is 18.4 Å². The van der Waals surface area contributed by atoms with Crippen molar-refractivity contribution in [1.82, 2.24) is 58.9 Å². The van der Waals surface area contributed by atoms with Crippen LogP contribution in [0.4, 0.5) is 17.6 Å². The zero-order chi connectivity index (χ0) is 41.9. The maximum Gasteiger partial charge on any atom is 0.258 e. The molecule has 0 bridgehead atoms. The number of piperidine rings is 2. The van der Waals surface area contributed by atoms with Gasteiger partial charge >= 0.3 is 0 Å². The molecule has 0 aliphatic carbocycles. The third-order valence-electron chi connectivity index (χ3n) is 11.4. The number of likely N-dealkylation sites (tertiary alicyclic amines) is 1. The Kier molecular flexibility index (Phi) is 9.78. The lowest BCUT2D eigenvalue weighted by Crippen LogP contribution is -2.41. The molecule has 0 atom stereocenters. The van der Waals surface area contributed by atoms with E-state index in [-0.39, 0.29) is 59.4 Å². The summed E-state index contributed by atoms with van der Waals surface area (Å²) in [6.45, 7) is 8.77. The van der Waals surface area contributed by atoms with Gasteiger partial charge in [0.1, 0.15) is 11.6 Å². The predicted octanol–water partition coefficient (Wildman–Crippen LogP) is 5.99. The van der Waals surface area contributed by atoms with Gasteiger partial charge in [-0.15, -0.1) is 0 Å². The van der Waals surface area contributed by atoms with E-state index in [1.807, 2.05) is 6.92 Å². The number of rotatable bonds is 5. The lowest BCUT2D eigenvalue weighted by atomic mass is 9.92. The molecule has 0 saturated carbocycles. The molecule has 0 unspecified atom stereocenters. The molecule has 0 spiro atoms. The van der Waals surface area contributed by atoms with Crippen LogP contribution in [0.2, 0.25) is 0 Å². The summed E-state index contributed by atoms with van der Waals surface area (Å²) in [6.07, 6.45) is 10.8. The number of hydrogen-bond acceptors (Lipinski definition) is 10. The van der Waals surface area contributed by atoms with Gasteiger partial charge in [-0.05, 0) is 57.7 Å². The highest BCUT2D eigenvalue weighted by atomic mass is 19.2. The zero-order valence-electron chi connectivity index (χ0n) is 33.0. The van der Waals surface area contributed by atoms with Gasteiger partial charge in [-0.2, -0.15) is 0 Å². The fourth-order valence-corrected chi connectivity index (χ4v) is 7.98. The molecule has 18 heteroatoms. The molecule has 10 rings (SSSR count). The number of hydrogen-bond donors (Lipinski definition) is 3. The van der Waals surface area contributed by atoms with Crippen LogP contribution in [-0.4, -0.2) is 86.3 Å². The molecule has 8 aromatic rings. The van der Waals surface area contributed by atoms with Gasteiger partial charge in [-0.1, -0.05) is 6.92 Å². The molecule has 3 N–H and O–H groups in total. The number of fused-ring (bicyclic) bond motifs is 4. The fourth-order valence-electron chi connectivity index (χ4n) is 7.98. The van der Waals surface area contributed by atoms with Crippen molar-refractivity contribution in [2.75, 3.05) is 32.7 Å². The van der Waals surface area contributed by atoms with Gasteiger partial charge in [0.05, 0.1) is 57.0 Å². The highest BCUT2D eigenvalue weighted by molar-refractivity contribution is 5.82. The summed E-state index contributed by atoms with van der Waals surface area (Å²) < 4.78 is 62.8. The number of alkyl halides is 2. The zero-order valence-corrected chi connectivity index (χ0v) is 33.0. The van der Waals surface area contributed by atoms with Gasteiger partial charge in [-0.3, -0.25) is 19.6 Å². The molecule has 0 radical (unpaired) electrons. The Bertz CT molecular complexity index is 3070. The average molecular weight is 821 g/mol. The molecule has 60 heavy (non-hydrogen) atoms. The molecule has 10 heterocycles. The summed E-state index contributed by atoms with van der Waals surface area (Å²) in [5, 5.41) is 3.66. The Morgan fingerprint density at radius 2 is 1.10 bits per heavy atom. The van der Waals surface area contributed by atoms with Crippen molar-refractivity contribution in [2.45, 2.75) is 57.8 Å². The Labute approximate surface area is 338 Å². The second kappa shape index (κ2) is 15.0. The number of H-pyrrole nitrogens is 2. The molecule has 2 aliphatic rings. The third kappa shape index (κ3) is 7.19. The summed E-state index contributed by atoms with van der Waals surface area (Å²) in [4.78, 5) is 58.5. The number of halogens is 4. The number of aromatic amines is 2. The van der Waals surface area contributed by atoms with Crippen molar-refractivity contribution in [2.24, 2.45) is 0 Å². The summed E-state index contributed by atoms with van der Waals surface area (Å²) in [5.74, 6) is -0.873. The molecule has 2 saturated heterocycles. The van der Waals surface area contributed by atoms with Gasteiger partial charge in [0.15, 0.2) is 34.3 Å². The number of imidazole rings is 2. The minimum atomic E-state index is -1.66. The second-order valence-corrected chi connectivity index (χ2v) is 15.5. The van der Waals surface area contributed by atoms with Crippen LogP contribution in [0.25, 0.3) is 55.6 Å². The van der Waals surface area contributed by atoms with Crippen LogP contribution in [0.1, 0.15) is 55.6 Å². The van der Waals surface area contributed by atoms with Gasteiger partial charge in [0, 0.05) is 74.7 Å². The van der Waals surface area contributed by atoms with E-state index in [0.29, 0.717) is 71.1 Å². The number of nitrogens with one attached hydrogen (secondary N) is 3. The van der Waals surface area contributed by atoms with E-state index in [2.05, 4.69) is 50.1 Å². The predicted molar refractivity (Wildman–Crippen MR) is 217 cm³/mol. The third-order valence-corrected chi connectivity index (χ3v) is 11.4. The lowest BCUT2D eigenvalue weighted by molar-refractivity contribution is 0.0508. The first-order valence-corrected chi connectivity index (χ1v) is 19.7. The van der Waals surface area contributed by atoms with E-state index in [1.165, 1.54) is 24.5 Å². The summed E-state index contributed by atoms with van der Waals surface area (Å²) >= 11 is 0. The lowest BCUT2D eigenvalue weighted by Gasteiger charge is -2.35. The molecule has 14 nitrogen and oxygen atoms in total. The normalized spacial score (nSPS) is 16.7. The first-order valence-electron chi connectivity index (χ1n) is 19.7. The van der Waals surface area contributed by atoms with Crippen molar-refractivity contribution < 1.29 is 17.6 Å². The number of aryl methyl sites for hydroxylation is 2. The molecule has 0 amide bonds. The molecular weight excluding hydrogens is 781 g/mol. The Morgan fingerprint density at radius 3 is 1.55 bits per heavy atom. The quantitative estimate of drug-likeness (QED) is 0.176. The summed E-state index contributed by atoms with van der Waals surface area (Å²) in [7, 11) is 0. The van der Waals surface area contributed by atoms with Crippen LogP contribution in [-0.2, 0) is 11.3 Å². The molecule has 2 fully saturated rings. The van der Waals surface area contributed by atoms with Gasteiger partial charge < -0.3 is 29.0 Å². The van der Waals surface area contributed by atoms with Crippen molar-refractivity contribution in [1.29, 1.82) is 0 Å². The van der Waals surface area contributed by atoms with Crippen LogP contribution in [0.15, 0.2) is 71.0 Å². The van der Waals surface area contributed by atoms with Crippen LogP contribution >= 0.6 is 0 Å². The summed E-state index contributed by atoms with van der Waals surface area (Å²) in [6, 6.07) is 5.77. The molecule has 308 valence electrons. The van der Waals surface area contributed by atoms with E-state index in [0.717, 1.165) is 6.54 Å². The average Bonchev–Trinajstić information content (AvgIpc) is 3.83. The Hall–Kier alpha value is -6.40. The summed E-state index contributed by atoms with van der Waals surface area (Å²) in [5.41, 5.74) is 0.116. The number of pyridine rings is 4. The van der Waals surface area contributed by atoms with Crippen LogP contribution in [0.5, 0.6) is 0 Å². The van der Waals surface area contributed by atoms with E-state index in [4.69, 9.17) is 0 Å². The van der Waals surface area contributed by atoms with Gasteiger partial charge in [-0.25, -0.2) is 37.5 Å². The van der Waals surface area contributed by atoms with Crippen LogP contribution < -0.4 is 16.4 Å². The van der Waals surface area contributed by atoms with Crippen LogP contribution in [0.3, 0.4) is 0 Å². The minimum Gasteiger partial charge on any atom is -0.316 e. The first-order chi connectivity index (χ1) is 28.8. The van der Waals surface area contributed by atoms with Gasteiger partial charge in [0.2, 0.25) is 0 Å². The van der Waals surface area contributed by atoms with Crippen LogP contribution in [0, 0.1) is 25.5 Å². The number of aromatic nitrogens is 10. The Morgan fingerprint density at radius 1 is 0.650 bits per heavy atom. The first kappa shape index (κ1) is 39.1. The van der Waals surface area contributed by atoms with Crippen molar-refractivity contribution in [3.63, 3.8) is 0 Å². The topological polar surface area (TPSA) is 167 Å². The van der Waals surface area contributed by atoms with E-state index >= 15 is 8.78 Å².